The number of allylic oxidation sites excluding steroid dienone is 1. The van der Waals surface area contributed by atoms with Crippen LogP contribution in [0, 0.1) is 0 Å². The molecule has 0 rings (SSSR count). The molecule has 1 amide bonds. The molecular formula is C11H19NO4. The predicted octanol–water partition coefficient (Wildman–Crippen LogP) is 2.28. The molecule has 0 saturated heterocycles. The third-order valence-electron chi connectivity index (χ3n) is 1.84. The number of amides is 1. The van der Waals surface area contributed by atoms with Crippen LogP contribution in [0.4, 0.5) is 4.79 Å². The number of aliphatic carboxylic acids is 1. The number of carbonyl (C=O) groups is 2. The fourth-order valence-electron chi connectivity index (χ4n) is 0.936. The van der Waals surface area contributed by atoms with Gasteiger partial charge in [0.2, 0.25) is 0 Å². The number of rotatable bonds is 7. The number of carbonyl (C=O) groups excluding carboxylic acids is 1. The first-order valence-electron chi connectivity index (χ1n) is 5.49. The average Bonchev–Trinajstić information content (AvgIpc) is 2.24. The fraction of sp³-hybridized carbons (Fsp3) is 0.636. The maximum Gasteiger partial charge on any atom is 0.411 e. The van der Waals surface area contributed by atoms with Gasteiger partial charge in [-0.3, -0.25) is 5.32 Å². The lowest BCUT2D eigenvalue weighted by Crippen LogP contribution is -2.28. The van der Waals surface area contributed by atoms with Crippen molar-refractivity contribution in [2.45, 2.75) is 39.5 Å². The topological polar surface area (TPSA) is 75.6 Å². The van der Waals surface area contributed by atoms with Crippen LogP contribution in [0.3, 0.4) is 0 Å². The van der Waals surface area contributed by atoms with E-state index in [9.17, 15) is 9.59 Å². The molecule has 0 unspecified atom stereocenters. The van der Waals surface area contributed by atoms with E-state index < -0.39 is 12.1 Å². The lowest BCUT2D eigenvalue weighted by atomic mass is 10.3. The van der Waals surface area contributed by atoms with E-state index in [-0.39, 0.29) is 5.70 Å². The highest BCUT2D eigenvalue weighted by molar-refractivity contribution is 5.90. The molecule has 0 heterocycles. The van der Waals surface area contributed by atoms with Gasteiger partial charge < -0.3 is 9.84 Å². The molecule has 0 fully saturated rings. The minimum Gasteiger partial charge on any atom is -0.477 e. The second-order valence-electron chi connectivity index (χ2n) is 3.33. The highest BCUT2D eigenvalue weighted by Crippen LogP contribution is 1.97. The summed E-state index contributed by atoms with van der Waals surface area (Å²) in [4.78, 5) is 21.9. The van der Waals surface area contributed by atoms with Crippen LogP contribution < -0.4 is 5.32 Å². The van der Waals surface area contributed by atoms with Crippen LogP contribution in [0.5, 0.6) is 0 Å². The minimum absolute atomic E-state index is 0.122. The third-order valence-corrected chi connectivity index (χ3v) is 1.84. The molecule has 5 heteroatoms. The molecule has 0 aromatic carbocycles. The first kappa shape index (κ1) is 14.5. The molecule has 0 saturated carbocycles. The quantitative estimate of drug-likeness (QED) is 0.518. The van der Waals surface area contributed by atoms with Crippen molar-refractivity contribution < 1.29 is 19.4 Å². The molecule has 0 radical (unpaired) electrons. The number of unbranched alkanes of at least 4 members (excludes halogenated alkanes) is 2. The number of hydrogen-bond acceptors (Lipinski definition) is 3. The van der Waals surface area contributed by atoms with E-state index in [2.05, 4.69) is 5.32 Å². The summed E-state index contributed by atoms with van der Waals surface area (Å²) in [6.45, 7) is 4.21. The number of hydrogen-bond donors (Lipinski definition) is 2. The lowest BCUT2D eigenvalue weighted by Gasteiger charge is -2.06. The maximum absolute atomic E-state index is 11.2. The summed E-state index contributed by atoms with van der Waals surface area (Å²) in [6.07, 6.45) is 3.89. The van der Waals surface area contributed by atoms with Gasteiger partial charge in [0, 0.05) is 0 Å². The number of alkyl carbamates (subject to hydrolysis) is 1. The van der Waals surface area contributed by atoms with Gasteiger partial charge in [-0.1, -0.05) is 32.8 Å². The second-order valence-corrected chi connectivity index (χ2v) is 3.33. The molecule has 16 heavy (non-hydrogen) atoms. The van der Waals surface area contributed by atoms with Gasteiger partial charge in [-0.15, -0.1) is 0 Å². The Morgan fingerprint density at radius 3 is 2.50 bits per heavy atom. The number of nitrogens with one attached hydrogen (secondary N) is 1. The van der Waals surface area contributed by atoms with E-state index in [1.54, 1.807) is 0 Å². The van der Waals surface area contributed by atoms with Crippen molar-refractivity contribution in [3.63, 3.8) is 0 Å². The molecule has 0 spiro atoms. The summed E-state index contributed by atoms with van der Waals surface area (Å²) < 4.78 is 4.79. The van der Waals surface area contributed by atoms with E-state index in [0.717, 1.165) is 19.3 Å². The zero-order valence-corrected chi connectivity index (χ0v) is 9.78. The average molecular weight is 229 g/mol. The zero-order chi connectivity index (χ0) is 12.4. The summed E-state index contributed by atoms with van der Waals surface area (Å²) in [5.74, 6) is -1.15. The van der Waals surface area contributed by atoms with Gasteiger partial charge in [-0.2, -0.15) is 0 Å². The van der Waals surface area contributed by atoms with Crippen LogP contribution in [-0.2, 0) is 9.53 Å². The molecular weight excluding hydrogens is 210 g/mol. The van der Waals surface area contributed by atoms with E-state index >= 15 is 0 Å². The Labute approximate surface area is 95.5 Å². The molecule has 0 bridgehead atoms. The van der Waals surface area contributed by atoms with Crippen molar-refractivity contribution in [1.82, 2.24) is 5.32 Å². The van der Waals surface area contributed by atoms with Crippen LogP contribution in [0.25, 0.3) is 0 Å². The van der Waals surface area contributed by atoms with Gasteiger partial charge in [-0.25, -0.2) is 9.59 Å². The minimum atomic E-state index is -1.15. The molecule has 0 aromatic rings. The van der Waals surface area contributed by atoms with Crippen molar-refractivity contribution in [1.29, 1.82) is 0 Å². The van der Waals surface area contributed by atoms with Crippen LogP contribution >= 0.6 is 0 Å². The SMILES string of the molecule is CCC/C=C(/NC(=O)OCCCC)C(=O)O. The molecule has 0 aliphatic rings. The van der Waals surface area contributed by atoms with Crippen LogP contribution in [-0.4, -0.2) is 23.8 Å². The molecule has 92 valence electrons. The molecule has 5 nitrogen and oxygen atoms in total. The maximum atomic E-state index is 11.2. The van der Waals surface area contributed by atoms with Gasteiger partial charge in [0.05, 0.1) is 6.61 Å². The summed E-state index contributed by atoms with van der Waals surface area (Å²) in [5, 5.41) is 11.0. The van der Waals surface area contributed by atoms with E-state index in [1.165, 1.54) is 6.08 Å². The molecule has 0 atom stereocenters. The standard InChI is InChI=1S/C11H19NO4/c1-3-5-7-9(10(13)14)12-11(15)16-8-6-4-2/h7H,3-6,8H2,1-2H3,(H,12,15)(H,13,14)/b9-7+. The molecule has 0 aliphatic heterocycles. The Kier molecular flexibility index (Phi) is 7.93. The molecule has 0 aromatic heterocycles. The highest BCUT2D eigenvalue weighted by atomic mass is 16.5. The van der Waals surface area contributed by atoms with Crippen molar-refractivity contribution in [3.8, 4) is 0 Å². The van der Waals surface area contributed by atoms with E-state index in [0.29, 0.717) is 13.0 Å². The Balaban J connectivity index is 4.09. The normalized spacial score (nSPS) is 11.0. The second kappa shape index (κ2) is 8.76. The number of carboxylic acids is 1. The summed E-state index contributed by atoms with van der Waals surface area (Å²) in [7, 11) is 0. The van der Waals surface area contributed by atoms with Gasteiger partial charge in [0.25, 0.3) is 0 Å². The summed E-state index contributed by atoms with van der Waals surface area (Å²) >= 11 is 0. The summed E-state index contributed by atoms with van der Waals surface area (Å²) in [6, 6.07) is 0. The van der Waals surface area contributed by atoms with Gasteiger partial charge in [0.1, 0.15) is 5.70 Å². The van der Waals surface area contributed by atoms with Crippen molar-refractivity contribution in [3.05, 3.63) is 11.8 Å². The van der Waals surface area contributed by atoms with Crippen LogP contribution in [0.1, 0.15) is 39.5 Å². The van der Waals surface area contributed by atoms with Crippen LogP contribution in [0.15, 0.2) is 11.8 Å². The number of carboxylic acid groups (broad SMARTS) is 1. The van der Waals surface area contributed by atoms with Gasteiger partial charge in [-0.05, 0) is 12.8 Å². The van der Waals surface area contributed by atoms with Crippen molar-refractivity contribution >= 4 is 12.1 Å². The largest absolute Gasteiger partial charge is 0.477 e. The third kappa shape index (κ3) is 6.86. The fourth-order valence-corrected chi connectivity index (χ4v) is 0.936. The Bertz CT molecular complexity index is 261. The molecule has 2 N–H and O–H groups in total. The van der Waals surface area contributed by atoms with Gasteiger partial charge >= 0.3 is 12.1 Å². The van der Waals surface area contributed by atoms with Gasteiger partial charge in [0.15, 0.2) is 0 Å². The first-order valence-corrected chi connectivity index (χ1v) is 5.49. The Hall–Kier alpha value is -1.52. The smallest absolute Gasteiger partial charge is 0.411 e. The predicted molar refractivity (Wildman–Crippen MR) is 60.0 cm³/mol. The highest BCUT2D eigenvalue weighted by Gasteiger charge is 2.11. The Morgan fingerprint density at radius 1 is 1.31 bits per heavy atom. The van der Waals surface area contributed by atoms with E-state index in [1.807, 2.05) is 13.8 Å². The van der Waals surface area contributed by atoms with E-state index in [4.69, 9.17) is 9.84 Å². The molecule has 0 aliphatic carbocycles. The monoisotopic (exact) mass is 229 g/mol. The first-order chi connectivity index (χ1) is 7.61. The Morgan fingerprint density at radius 2 is 2.00 bits per heavy atom. The number of ether oxygens (including phenoxy) is 1. The van der Waals surface area contributed by atoms with Crippen molar-refractivity contribution in [2.24, 2.45) is 0 Å². The lowest BCUT2D eigenvalue weighted by molar-refractivity contribution is -0.133. The van der Waals surface area contributed by atoms with Crippen LogP contribution in [0.2, 0.25) is 0 Å². The van der Waals surface area contributed by atoms with Crippen molar-refractivity contribution in [2.75, 3.05) is 6.61 Å². The summed E-state index contributed by atoms with van der Waals surface area (Å²) in [5.41, 5.74) is -0.122. The zero-order valence-electron chi connectivity index (χ0n) is 9.78.